The van der Waals surface area contributed by atoms with Crippen molar-refractivity contribution < 1.29 is 19.4 Å². The van der Waals surface area contributed by atoms with Gasteiger partial charge < -0.3 is 20.5 Å². The van der Waals surface area contributed by atoms with E-state index in [0.29, 0.717) is 19.4 Å². The van der Waals surface area contributed by atoms with Crippen molar-refractivity contribution in [3.8, 4) is 0 Å². The van der Waals surface area contributed by atoms with Crippen LogP contribution in [0.3, 0.4) is 0 Å². The van der Waals surface area contributed by atoms with Crippen molar-refractivity contribution in [2.24, 2.45) is 11.7 Å². The van der Waals surface area contributed by atoms with Gasteiger partial charge in [0.1, 0.15) is 11.6 Å². The maximum Gasteiger partial charge on any atom is 0.410 e. The van der Waals surface area contributed by atoms with E-state index in [1.165, 1.54) is 0 Å². The average Bonchev–Trinajstić information content (AvgIpc) is 3.05. The number of ether oxygens (including phenoxy) is 1. The van der Waals surface area contributed by atoms with Gasteiger partial charge in [-0.1, -0.05) is 0 Å². The minimum atomic E-state index is -0.962. The lowest BCUT2D eigenvalue weighted by atomic mass is 9.84. The lowest BCUT2D eigenvalue weighted by Crippen LogP contribution is -2.53. The van der Waals surface area contributed by atoms with E-state index in [1.807, 2.05) is 20.8 Å². The second-order valence-corrected chi connectivity index (χ2v) is 6.97. The minimum absolute atomic E-state index is 0.0614. The van der Waals surface area contributed by atoms with Crippen LogP contribution in [0.5, 0.6) is 0 Å². The van der Waals surface area contributed by atoms with Crippen LogP contribution in [0.4, 0.5) is 4.79 Å². The minimum Gasteiger partial charge on any atom is -0.480 e. The Hall–Kier alpha value is -1.30. The Kier molecular flexibility index (Phi) is 3.71. The smallest absolute Gasteiger partial charge is 0.410 e. The monoisotopic (exact) mass is 284 g/mol. The number of carboxylic acids is 1. The van der Waals surface area contributed by atoms with Crippen LogP contribution in [-0.2, 0) is 9.53 Å². The summed E-state index contributed by atoms with van der Waals surface area (Å²) in [4.78, 5) is 25.0. The zero-order valence-corrected chi connectivity index (χ0v) is 12.4. The van der Waals surface area contributed by atoms with E-state index >= 15 is 0 Å². The molecule has 2 atom stereocenters. The van der Waals surface area contributed by atoms with Crippen LogP contribution in [0, 0.1) is 5.92 Å². The normalized spacial score (nSPS) is 26.2. The largest absolute Gasteiger partial charge is 0.480 e. The summed E-state index contributed by atoms with van der Waals surface area (Å²) in [5.74, 6) is -1.02. The number of nitrogens with two attached hydrogens (primary N) is 1. The molecule has 1 heterocycles. The lowest BCUT2D eigenvalue weighted by Gasteiger charge is -2.41. The van der Waals surface area contributed by atoms with Gasteiger partial charge in [0.15, 0.2) is 0 Å². The molecule has 2 fully saturated rings. The van der Waals surface area contributed by atoms with Crippen LogP contribution in [0.1, 0.15) is 46.5 Å². The second kappa shape index (κ2) is 4.91. The summed E-state index contributed by atoms with van der Waals surface area (Å²) in [5.41, 5.74) is 5.01. The van der Waals surface area contributed by atoms with Gasteiger partial charge in [0.05, 0.1) is 0 Å². The fraction of sp³-hybridized carbons (Fsp3) is 0.857. The van der Waals surface area contributed by atoms with Crippen molar-refractivity contribution in [3.05, 3.63) is 0 Å². The van der Waals surface area contributed by atoms with Gasteiger partial charge in [-0.05, 0) is 52.4 Å². The van der Waals surface area contributed by atoms with Crippen molar-refractivity contribution >= 4 is 12.1 Å². The van der Waals surface area contributed by atoms with E-state index in [2.05, 4.69) is 0 Å². The first-order chi connectivity index (χ1) is 9.15. The molecule has 0 aromatic rings. The zero-order valence-electron chi connectivity index (χ0n) is 12.4. The number of hydrogen-bond acceptors (Lipinski definition) is 4. The first-order valence-electron chi connectivity index (χ1n) is 7.14. The van der Waals surface area contributed by atoms with E-state index in [1.54, 1.807) is 4.90 Å². The summed E-state index contributed by atoms with van der Waals surface area (Å²) in [7, 11) is 0. The van der Waals surface area contributed by atoms with E-state index in [4.69, 9.17) is 15.6 Å². The predicted octanol–water partition coefficient (Wildman–Crippen LogP) is 1.58. The topological polar surface area (TPSA) is 92.9 Å². The summed E-state index contributed by atoms with van der Waals surface area (Å²) in [6.45, 7) is 6.06. The molecule has 2 aliphatic rings. The molecular formula is C14H24N2O4. The number of amides is 1. The van der Waals surface area contributed by atoms with Crippen LogP contribution < -0.4 is 5.73 Å². The molecule has 0 radical (unpaired) electrons. The van der Waals surface area contributed by atoms with E-state index in [-0.39, 0.29) is 17.6 Å². The van der Waals surface area contributed by atoms with Crippen LogP contribution in [-0.4, -0.2) is 45.8 Å². The highest BCUT2D eigenvalue weighted by Crippen LogP contribution is 2.50. The molecular weight excluding hydrogens is 260 g/mol. The number of carboxylic acid groups (broad SMARTS) is 1. The molecule has 0 aromatic heterocycles. The SMILES string of the molecule is CC(C)(C)OC(=O)N1CCC([C@H](N)C(=O)O)CC12CC2. The molecule has 1 saturated heterocycles. The van der Waals surface area contributed by atoms with Gasteiger partial charge in [-0.2, -0.15) is 0 Å². The molecule has 1 amide bonds. The number of piperidine rings is 1. The van der Waals surface area contributed by atoms with Crippen LogP contribution >= 0.6 is 0 Å². The first kappa shape index (κ1) is 15.1. The molecule has 2 rings (SSSR count). The number of nitrogens with zero attached hydrogens (tertiary/aromatic N) is 1. The number of aliphatic carboxylic acids is 1. The molecule has 1 aliphatic heterocycles. The Morgan fingerprint density at radius 3 is 2.45 bits per heavy atom. The van der Waals surface area contributed by atoms with Gasteiger partial charge in [-0.15, -0.1) is 0 Å². The van der Waals surface area contributed by atoms with Gasteiger partial charge in [0.2, 0.25) is 0 Å². The summed E-state index contributed by atoms with van der Waals surface area (Å²) >= 11 is 0. The van der Waals surface area contributed by atoms with Gasteiger partial charge in [0.25, 0.3) is 0 Å². The third-order valence-electron chi connectivity index (χ3n) is 4.17. The number of hydrogen-bond donors (Lipinski definition) is 2. The number of rotatable bonds is 2. The van der Waals surface area contributed by atoms with Gasteiger partial charge >= 0.3 is 12.1 Å². The van der Waals surface area contributed by atoms with Crippen LogP contribution in [0.2, 0.25) is 0 Å². The molecule has 114 valence electrons. The number of carbonyl (C=O) groups excluding carboxylic acids is 1. The number of carbonyl (C=O) groups is 2. The Labute approximate surface area is 119 Å². The van der Waals surface area contributed by atoms with Crippen LogP contribution in [0.15, 0.2) is 0 Å². The first-order valence-corrected chi connectivity index (χ1v) is 7.14. The zero-order chi connectivity index (χ0) is 15.1. The summed E-state index contributed by atoms with van der Waals surface area (Å²) in [6.07, 6.45) is 2.82. The lowest BCUT2D eigenvalue weighted by molar-refractivity contribution is -0.140. The van der Waals surface area contributed by atoms with Gasteiger partial charge in [-0.3, -0.25) is 4.79 Å². The van der Waals surface area contributed by atoms with Crippen molar-refractivity contribution in [2.45, 2.75) is 63.6 Å². The Morgan fingerprint density at radius 1 is 1.40 bits per heavy atom. The summed E-state index contributed by atoms with van der Waals surface area (Å²) in [5, 5.41) is 9.02. The van der Waals surface area contributed by atoms with Gasteiger partial charge in [-0.25, -0.2) is 4.79 Å². The molecule has 0 aromatic carbocycles. The molecule has 3 N–H and O–H groups in total. The van der Waals surface area contributed by atoms with E-state index < -0.39 is 17.6 Å². The van der Waals surface area contributed by atoms with Crippen molar-refractivity contribution in [1.29, 1.82) is 0 Å². The molecule has 6 nitrogen and oxygen atoms in total. The Balaban J connectivity index is 2.02. The molecule has 1 unspecified atom stereocenters. The molecule has 0 bridgehead atoms. The van der Waals surface area contributed by atoms with E-state index in [0.717, 1.165) is 12.8 Å². The molecule has 1 aliphatic carbocycles. The molecule has 6 heteroatoms. The maximum atomic E-state index is 12.2. The highest BCUT2D eigenvalue weighted by Gasteiger charge is 2.55. The van der Waals surface area contributed by atoms with E-state index in [9.17, 15) is 9.59 Å². The maximum absolute atomic E-state index is 12.2. The van der Waals surface area contributed by atoms with Crippen molar-refractivity contribution in [3.63, 3.8) is 0 Å². The highest BCUT2D eigenvalue weighted by atomic mass is 16.6. The fourth-order valence-electron chi connectivity index (χ4n) is 2.96. The second-order valence-electron chi connectivity index (χ2n) is 6.97. The molecule has 20 heavy (non-hydrogen) atoms. The quantitative estimate of drug-likeness (QED) is 0.803. The standard InChI is InChI=1S/C14H24N2O4/c1-13(2,3)20-12(19)16-7-4-9(10(15)11(17)18)8-14(16)5-6-14/h9-10H,4-8,15H2,1-3H3,(H,17,18)/t9?,10-/m0/s1. The third-order valence-corrected chi connectivity index (χ3v) is 4.17. The Bertz CT molecular complexity index is 412. The van der Waals surface area contributed by atoms with Crippen molar-refractivity contribution in [1.82, 2.24) is 4.90 Å². The summed E-state index contributed by atoms with van der Waals surface area (Å²) < 4.78 is 5.44. The van der Waals surface area contributed by atoms with Gasteiger partial charge in [0, 0.05) is 12.1 Å². The third kappa shape index (κ3) is 3.06. The fourth-order valence-corrected chi connectivity index (χ4v) is 2.96. The van der Waals surface area contributed by atoms with Crippen LogP contribution in [0.25, 0.3) is 0 Å². The molecule has 1 saturated carbocycles. The highest BCUT2D eigenvalue weighted by molar-refractivity contribution is 5.74. The predicted molar refractivity (Wildman–Crippen MR) is 73.2 cm³/mol. The summed E-state index contributed by atoms with van der Waals surface area (Å²) in [6, 6.07) is -0.840. The van der Waals surface area contributed by atoms with Crippen molar-refractivity contribution in [2.75, 3.05) is 6.54 Å². The average molecular weight is 284 g/mol. The Morgan fingerprint density at radius 2 is 2.00 bits per heavy atom. The number of likely N-dealkylation sites (tertiary alicyclic amines) is 1. The molecule has 1 spiro atoms.